The van der Waals surface area contributed by atoms with Gasteiger partial charge in [0.1, 0.15) is 5.76 Å². The predicted octanol–water partition coefficient (Wildman–Crippen LogP) is 4.98. The van der Waals surface area contributed by atoms with E-state index in [0.717, 1.165) is 48.7 Å². The zero-order valence-electron chi connectivity index (χ0n) is 12.6. The van der Waals surface area contributed by atoms with Crippen molar-refractivity contribution in [1.29, 1.82) is 0 Å². The zero-order valence-corrected chi connectivity index (χ0v) is 12.6. The monoisotopic (exact) mass is 266 g/mol. The maximum Gasteiger partial charge on any atom is 0.207 e. The molecular weight excluding hydrogens is 240 g/mol. The molecule has 0 unspecified atom stereocenters. The molecule has 1 heterocycles. The van der Waals surface area contributed by atoms with Gasteiger partial charge in [-0.1, -0.05) is 32.8 Å². The SMILES string of the molecule is C/C=C/c1oc(C)c(OCCCC)c1OCCCC. The molecule has 0 bridgehead atoms. The number of allylic oxidation sites excluding steroid dienone is 1. The van der Waals surface area contributed by atoms with Crippen LogP contribution in [0, 0.1) is 6.92 Å². The van der Waals surface area contributed by atoms with Crippen LogP contribution in [0.5, 0.6) is 11.5 Å². The Labute approximate surface area is 116 Å². The minimum atomic E-state index is 0.699. The van der Waals surface area contributed by atoms with Crippen LogP contribution in [-0.4, -0.2) is 13.2 Å². The van der Waals surface area contributed by atoms with Gasteiger partial charge in [0.05, 0.1) is 13.2 Å². The van der Waals surface area contributed by atoms with Crippen LogP contribution in [0.3, 0.4) is 0 Å². The fourth-order valence-corrected chi connectivity index (χ4v) is 1.73. The van der Waals surface area contributed by atoms with Crippen LogP contribution in [0.15, 0.2) is 10.5 Å². The smallest absolute Gasteiger partial charge is 0.207 e. The maximum atomic E-state index is 5.84. The van der Waals surface area contributed by atoms with E-state index in [9.17, 15) is 0 Å². The normalized spacial score (nSPS) is 11.2. The largest absolute Gasteiger partial charge is 0.487 e. The first kappa shape index (κ1) is 15.7. The van der Waals surface area contributed by atoms with Gasteiger partial charge in [-0.25, -0.2) is 0 Å². The molecule has 19 heavy (non-hydrogen) atoms. The molecule has 0 aromatic carbocycles. The number of rotatable bonds is 9. The van der Waals surface area contributed by atoms with Crippen LogP contribution in [0.4, 0.5) is 0 Å². The summed E-state index contributed by atoms with van der Waals surface area (Å²) in [5, 5.41) is 0. The Balaban J connectivity index is 2.84. The number of hydrogen-bond acceptors (Lipinski definition) is 3. The number of unbranched alkanes of at least 4 members (excludes halogenated alkanes) is 2. The van der Waals surface area contributed by atoms with E-state index in [4.69, 9.17) is 13.9 Å². The molecule has 0 N–H and O–H groups in total. The zero-order chi connectivity index (χ0) is 14.1. The van der Waals surface area contributed by atoms with Crippen LogP contribution in [0.25, 0.3) is 6.08 Å². The van der Waals surface area contributed by atoms with Crippen molar-refractivity contribution in [3.63, 3.8) is 0 Å². The van der Waals surface area contributed by atoms with E-state index in [1.807, 2.05) is 26.0 Å². The van der Waals surface area contributed by atoms with Crippen molar-refractivity contribution in [1.82, 2.24) is 0 Å². The third-order valence-electron chi connectivity index (χ3n) is 2.82. The van der Waals surface area contributed by atoms with Crippen LogP contribution in [-0.2, 0) is 0 Å². The second-order valence-electron chi connectivity index (χ2n) is 4.58. The van der Waals surface area contributed by atoms with Gasteiger partial charge in [0.15, 0.2) is 5.76 Å². The topological polar surface area (TPSA) is 31.6 Å². The summed E-state index contributed by atoms with van der Waals surface area (Å²) in [4.78, 5) is 0. The van der Waals surface area contributed by atoms with E-state index in [0.29, 0.717) is 13.2 Å². The van der Waals surface area contributed by atoms with E-state index >= 15 is 0 Å². The molecule has 0 aliphatic carbocycles. The van der Waals surface area contributed by atoms with E-state index in [-0.39, 0.29) is 0 Å². The average molecular weight is 266 g/mol. The minimum Gasteiger partial charge on any atom is -0.487 e. The van der Waals surface area contributed by atoms with Gasteiger partial charge < -0.3 is 13.9 Å². The molecule has 0 aliphatic heterocycles. The molecule has 108 valence electrons. The molecule has 0 radical (unpaired) electrons. The van der Waals surface area contributed by atoms with Gasteiger partial charge in [-0.15, -0.1) is 0 Å². The molecule has 3 heteroatoms. The summed E-state index contributed by atoms with van der Waals surface area (Å²) in [6.07, 6.45) is 8.17. The molecule has 0 fully saturated rings. The molecule has 1 aromatic rings. The first-order valence-electron chi connectivity index (χ1n) is 7.26. The lowest BCUT2D eigenvalue weighted by Gasteiger charge is -2.09. The second-order valence-corrected chi connectivity index (χ2v) is 4.58. The Bertz CT molecular complexity index is 391. The standard InChI is InChI=1S/C16H26O3/c1-5-8-11-17-15-13(4)19-14(10-7-3)16(15)18-12-9-6-2/h7,10H,5-6,8-9,11-12H2,1-4H3/b10-7+. The number of ether oxygens (including phenoxy) is 2. The highest BCUT2D eigenvalue weighted by Crippen LogP contribution is 2.38. The molecule has 1 rings (SSSR count). The van der Waals surface area contributed by atoms with E-state index in [1.165, 1.54) is 0 Å². The number of furan rings is 1. The number of aryl methyl sites for hydroxylation is 1. The van der Waals surface area contributed by atoms with Gasteiger partial charge >= 0.3 is 0 Å². The molecule has 0 saturated carbocycles. The lowest BCUT2D eigenvalue weighted by molar-refractivity contribution is 0.262. The Morgan fingerprint density at radius 3 is 2.11 bits per heavy atom. The van der Waals surface area contributed by atoms with Crippen molar-refractivity contribution in [2.45, 2.75) is 53.4 Å². The van der Waals surface area contributed by atoms with Crippen molar-refractivity contribution in [2.24, 2.45) is 0 Å². The average Bonchev–Trinajstić information content (AvgIpc) is 2.68. The highest BCUT2D eigenvalue weighted by atomic mass is 16.5. The van der Waals surface area contributed by atoms with Gasteiger partial charge in [-0.2, -0.15) is 0 Å². The third kappa shape index (κ3) is 4.66. The first-order chi connectivity index (χ1) is 9.24. The Hall–Kier alpha value is -1.38. The highest BCUT2D eigenvalue weighted by molar-refractivity contribution is 5.59. The van der Waals surface area contributed by atoms with Crippen molar-refractivity contribution < 1.29 is 13.9 Å². The van der Waals surface area contributed by atoms with Gasteiger partial charge in [-0.05, 0) is 32.8 Å². The third-order valence-corrected chi connectivity index (χ3v) is 2.82. The van der Waals surface area contributed by atoms with Crippen LogP contribution >= 0.6 is 0 Å². The molecule has 0 atom stereocenters. The van der Waals surface area contributed by atoms with Gasteiger partial charge in [0, 0.05) is 0 Å². The summed E-state index contributed by atoms with van der Waals surface area (Å²) in [6.45, 7) is 9.58. The van der Waals surface area contributed by atoms with Crippen molar-refractivity contribution in [3.05, 3.63) is 17.6 Å². The first-order valence-corrected chi connectivity index (χ1v) is 7.26. The fraction of sp³-hybridized carbons (Fsp3) is 0.625. The van der Waals surface area contributed by atoms with Gasteiger partial charge in [0.2, 0.25) is 11.5 Å². The molecule has 0 aliphatic rings. The Morgan fingerprint density at radius 2 is 1.58 bits per heavy atom. The molecule has 0 spiro atoms. The Kier molecular flexibility index (Phi) is 7.16. The maximum absolute atomic E-state index is 5.84. The van der Waals surface area contributed by atoms with E-state index in [1.54, 1.807) is 0 Å². The summed E-state index contributed by atoms with van der Waals surface area (Å²) < 4.78 is 17.4. The van der Waals surface area contributed by atoms with E-state index in [2.05, 4.69) is 13.8 Å². The highest BCUT2D eigenvalue weighted by Gasteiger charge is 2.19. The van der Waals surface area contributed by atoms with Crippen molar-refractivity contribution in [3.8, 4) is 11.5 Å². The van der Waals surface area contributed by atoms with Crippen LogP contribution < -0.4 is 9.47 Å². The summed E-state index contributed by atoms with van der Waals surface area (Å²) in [6, 6.07) is 0. The van der Waals surface area contributed by atoms with Crippen molar-refractivity contribution in [2.75, 3.05) is 13.2 Å². The van der Waals surface area contributed by atoms with E-state index < -0.39 is 0 Å². The van der Waals surface area contributed by atoms with Crippen molar-refractivity contribution >= 4 is 6.08 Å². The summed E-state index contributed by atoms with van der Waals surface area (Å²) in [5.41, 5.74) is 0. The lowest BCUT2D eigenvalue weighted by atomic mass is 10.3. The molecule has 1 aromatic heterocycles. The fourth-order valence-electron chi connectivity index (χ4n) is 1.73. The lowest BCUT2D eigenvalue weighted by Crippen LogP contribution is -2.01. The summed E-state index contributed by atoms with van der Waals surface area (Å²) in [5.74, 6) is 3.05. The summed E-state index contributed by atoms with van der Waals surface area (Å²) >= 11 is 0. The minimum absolute atomic E-state index is 0.699. The molecular formula is C16H26O3. The molecule has 3 nitrogen and oxygen atoms in total. The molecule has 0 amide bonds. The molecule has 0 saturated heterocycles. The quantitative estimate of drug-likeness (QED) is 0.591. The predicted molar refractivity (Wildman–Crippen MR) is 79.0 cm³/mol. The summed E-state index contributed by atoms with van der Waals surface area (Å²) in [7, 11) is 0. The van der Waals surface area contributed by atoms with Gasteiger partial charge in [-0.3, -0.25) is 0 Å². The van der Waals surface area contributed by atoms with Crippen LogP contribution in [0.2, 0.25) is 0 Å². The van der Waals surface area contributed by atoms with Gasteiger partial charge in [0.25, 0.3) is 0 Å². The Morgan fingerprint density at radius 1 is 1.00 bits per heavy atom. The second kappa shape index (κ2) is 8.68. The van der Waals surface area contributed by atoms with Crippen LogP contribution in [0.1, 0.15) is 58.0 Å². The number of hydrogen-bond donors (Lipinski definition) is 0.